The predicted octanol–water partition coefficient (Wildman–Crippen LogP) is 1.40. The van der Waals surface area contributed by atoms with Crippen molar-refractivity contribution < 1.29 is 4.74 Å². The first-order chi connectivity index (χ1) is 9.30. The van der Waals surface area contributed by atoms with Crippen molar-refractivity contribution in [3.63, 3.8) is 0 Å². The summed E-state index contributed by atoms with van der Waals surface area (Å²) < 4.78 is 7.02. The molecule has 2 aromatic rings. The highest BCUT2D eigenvalue weighted by Gasteiger charge is 2.39. The number of nitrogens with zero attached hydrogens (tertiary/aromatic N) is 3. The van der Waals surface area contributed by atoms with Crippen LogP contribution in [-0.4, -0.2) is 28.6 Å². The highest BCUT2D eigenvalue weighted by atomic mass is 16.5. The van der Waals surface area contributed by atoms with Crippen LogP contribution in [0.25, 0.3) is 0 Å². The van der Waals surface area contributed by atoms with Gasteiger partial charge in [0.15, 0.2) is 0 Å². The monoisotopic (exact) mass is 258 g/mol. The topological polar surface area (TPSA) is 66.0 Å². The van der Waals surface area contributed by atoms with E-state index in [0.717, 1.165) is 31.0 Å². The molecule has 0 radical (unpaired) electrons. The van der Waals surface area contributed by atoms with Crippen molar-refractivity contribution in [2.45, 2.75) is 18.9 Å². The summed E-state index contributed by atoms with van der Waals surface area (Å²) in [5, 5.41) is 8.42. The third-order valence-electron chi connectivity index (χ3n) is 3.67. The van der Waals surface area contributed by atoms with Crippen molar-refractivity contribution in [1.82, 2.24) is 15.0 Å². The number of methoxy groups -OCH3 is 1. The zero-order valence-corrected chi connectivity index (χ0v) is 11.0. The van der Waals surface area contributed by atoms with Crippen molar-refractivity contribution in [3.05, 3.63) is 41.7 Å². The average molecular weight is 258 g/mol. The molecule has 1 heterocycles. The molecule has 5 heteroatoms. The molecule has 0 saturated heterocycles. The van der Waals surface area contributed by atoms with E-state index in [9.17, 15) is 0 Å². The maximum atomic E-state index is 5.65. The molecule has 0 unspecified atom stereocenters. The van der Waals surface area contributed by atoms with E-state index in [2.05, 4.69) is 10.3 Å². The Morgan fingerprint density at radius 2 is 2.16 bits per heavy atom. The third kappa shape index (κ3) is 2.61. The van der Waals surface area contributed by atoms with Crippen LogP contribution in [0.1, 0.15) is 23.6 Å². The molecule has 0 bridgehead atoms. The highest BCUT2D eigenvalue weighted by Crippen LogP contribution is 2.45. The van der Waals surface area contributed by atoms with Crippen molar-refractivity contribution >= 4 is 0 Å². The van der Waals surface area contributed by atoms with Gasteiger partial charge in [0.2, 0.25) is 0 Å². The van der Waals surface area contributed by atoms with Crippen LogP contribution in [0.3, 0.4) is 0 Å². The van der Waals surface area contributed by atoms with Gasteiger partial charge in [-0.1, -0.05) is 17.3 Å². The minimum atomic E-state index is 0.523. The Labute approximate surface area is 112 Å². The lowest BCUT2D eigenvalue weighted by Gasteiger charge is -2.02. The summed E-state index contributed by atoms with van der Waals surface area (Å²) in [6, 6.07) is 8.00. The Kier molecular flexibility index (Phi) is 3.21. The van der Waals surface area contributed by atoms with E-state index >= 15 is 0 Å². The number of rotatable bonds is 5. The number of hydrogen-bond acceptors (Lipinski definition) is 4. The first kappa shape index (κ1) is 12.2. The Bertz CT molecular complexity index is 549. The second-order valence-corrected chi connectivity index (χ2v) is 5.03. The standard InChI is InChI=1S/C14H18N4O/c1-19-12-4-2-10(3-5-12)8-18-9-14(16-17-18)13-6-11(13)7-15/h2-5,9,11,13H,6-8,15H2,1H3/t11-,13+/m0/s1. The lowest BCUT2D eigenvalue weighted by atomic mass is 10.2. The van der Waals surface area contributed by atoms with Gasteiger partial charge in [-0.2, -0.15) is 0 Å². The van der Waals surface area contributed by atoms with Gasteiger partial charge in [-0.15, -0.1) is 5.10 Å². The van der Waals surface area contributed by atoms with Gasteiger partial charge in [0.25, 0.3) is 0 Å². The molecule has 1 saturated carbocycles. The van der Waals surface area contributed by atoms with Crippen LogP contribution in [0.15, 0.2) is 30.5 Å². The van der Waals surface area contributed by atoms with Gasteiger partial charge in [-0.3, -0.25) is 0 Å². The summed E-state index contributed by atoms with van der Waals surface area (Å²) in [6.07, 6.45) is 3.18. The molecule has 19 heavy (non-hydrogen) atoms. The molecular formula is C14H18N4O. The number of hydrogen-bond donors (Lipinski definition) is 1. The van der Waals surface area contributed by atoms with Gasteiger partial charge in [0.05, 0.1) is 19.3 Å². The van der Waals surface area contributed by atoms with E-state index in [1.54, 1.807) is 7.11 Å². The molecule has 100 valence electrons. The largest absolute Gasteiger partial charge is 0.497 e. The summed E-state index contributed by atoms with van der Waals surface area (Å²) in [5.74, 6) is 1.99. The van der Waals surface area contributed by atoms with Gasteiger partial charge in [-0.05, 0) is 36.6 Å². The van der Waals surface area contributed by atoms with Crippen molar-refractivity contribution in [2.24, 2.45) is 11.7 Å². The number of benzene rings is 1. The molecule has 3 rings (SSSR count). The van der Waals surface area contributed by atoms with E-state index in [-0.39, 0.29) is 0 Å². The minimum Gasteiger partial charge on any atom is -0.497 e. The summed E-state index contributed by atoms with van der Waals surface area (Å²) in [4.78, 5) is 0. The minimum absolute atomic E-state index is 0.523. The Balaban J connectivity index is 1.66. The summed E-state index contributed by atoms with van der Waals surface area (Å²) in [6.45, 7) is 1.48. The third-order valence-corrected chi connectivity index (χ3v) is 3.67. The summed E-state index contributed by atoms with van der Waals surface area (Å²) >= 11 is 0. The first-order valence-electron chi connectivity index (χ1n) is 6.53. The summed E-state index contributed by atoms with van der Waals surface area (Å²) in [7, 11) is 1.67. The quantitative estimate of drug-likeness (QED) is 0.880. The zero-order valence-electron chi connectivity index (χ0n) is 11.0. The van der Waals surface area contributed by atoms with Crippen molar-refractivity contribution in [2.75, 3.05) is 13.7 Å². The van der Waals surface area contributed by atoms with Crippen LogP contribution >= 0.6 is 0 Å². The van der Waals surface area contributed by atoms with Crippen molar-refractivity contribution in [1.29, 1.82) is 0 Å². The Morgan fingerprint density at radius 3 is 2.79 bits per heavy atom. The van der Waals surface area contributed by atoms with Crippen molar-refractivity contribution in [3.8, 4) is 5.75 Å². The highest BCUT2D eigenvalue weighted by molar-refractivity contribution is 5.27. The Morgan fingerprint density at radius 1 is 1.37 bits per heavy atom. The van der Waals surface area contributed by atoms with E-state index in [4.69, 9.17) is 10.5 Å². The van der Waals surface area contributed by atoms with Crippen LogP contribution in [0.5, 0.6) is 5.75 Å². The van der Waals surface area contributed by atoms with E-state index in [1.165, 1.54) is 5.56 Å². The molecule has 5 nitrogen and oxygen atoms in total. The molecule has 2 atom stereocenters. The van der Waals surface area contributed by atoms with Gasteiger partial charge in [-0.25, -0.2) is 4.68 Å². The smallest absolute Gasteiger partial charge is 0.118 e. The molecule has 0 aliphatic heterocycles. The van der Waals surface area contributed by atoms with Crippen LogP contribution < -0.4 is 10.5 Å². The van der Waals surface area contributed by atoms with Crippen LogP contribution in [0, 0.1) is 5.92 Å². The number of aromatic nitrogens is 3. The average Bonchev–Trinajstić information content (AvgIpc) is 3.11. The normalized spacial score (nSPS) is 21.4. The molecular weight excluding hydrogens is 240 g/mol. The number of ether oxygens (including phenoxy) is 1. The predicted molar refractivity (Wildman–Crippen MR) is 72.0 cm³/mol. The molecule has 0 spiro atoms. The van der Waals surface area contributed by atoms with E-state index in [0.29, 0.717) is 11.8 Å². The zero-order chi connectivity index (χ0) is 13.2. The molecule has 2 N–H and O–H groups in total. The number of nitrogens with two attached hydrogens (primary N) is 1. The van der Waals surface area contributed by atoms with Gasteiger partial charge in [0, 0.05) is 12.1 Å². The Hall–Kier alpha value is -1.88. The molecule has 1 aromatic carbocycles. The SMILES string of the molecule is COc1ccc(Cn2cc([C@@H]3C[C@H]3CN)nn2)cc1. The van der Waals surface area contributed by atoms with E-state index in [1.807, 2.05) is 35.1 Å². The maximum absolute atomic E-state index is 5.65. The second kappa shape index (κ2) is 5.01. The second-order valence-electron chi connectivity index (χ2n) is 5.03. The fourth-order valence-electron chi connectivity index (χ4n) is 2.35. The molecule has 1 fully saturated rings. The fourth-order valence-corrected chi connectivity index (χ4v) is 2.35. The summed E-state index contributed by atoms with van der Waals surface area (Å²) in [5.41, 5.74) is 7.91. The molecule has 1 aliphatic rings. The van der Waals surface area contributed by atoms with Gasteiger partial charge < -0.3 is 10.5 Å². The lowest BCUT2D eigenvalue weighted by molar-refractivity contribution is 0.414. The fraction of sp³-hybridized carbons (Fsp3) is 0.429. The first-order valence-corrected chi connectivity index (χ1v) is 6.53. The molecule has 0 amide bonds. The lowest BCUT2D eigenvalue weighted by Crippen LogP contribution is -2.02. The van der Waals surface area contributed by atoms with Crippen LogP contribution in [0.2, 0.25) is 0 Å². The van der Waals surface area contributed by atoms with Crippen LogP contribution in [-0.2, 0) is 6.54 Å². The van der Waals surface area contributed by atoms with Crippen LogP contribution in [0.4, 0.5) is 0 Å². The molecule has 1 aliphatic carbocycles. The van der Waals surface area contributed by atoms with Gasteiger partial charge >= 0.3 is 0 Å². The van der Waals surface area contributed by atoms with E-state index < -0.39 is 0 Å². The molecule has 1 aromatic heterocycles. The maximum Gasteiger partial charge on any atom is 0.118 e. The van der Waals surface area contributed by atoms with Gasteiger partial charge in [0.1, 0.15) is 5.75 Å².